The van der Waals surface area contributed by atoms with Crippen molar-refractivity contribution in [1.29, 1.82) is 0 Å². The molecular weight excluding hydrogens is 412 g/mol. The van der Waals surface area contributed by atoms with Gasteiger partial charge in [0.25, 0.3) is 0 Å². The fraction of sp³-hybridized carbons (Fsp3) is 0.400. The van der Waals surface area contributed by atoms with Crippen LogP contribution in [0.15, 0.2) is 76.8 Å². The van der Waals surface area contributed by atoms with Gasteiger partial charge in [-0.25, -0.2) is 0 Å². The normalized spacial score (nSPS) is 9.93. The minimum atomic E-state index is -1.11. The zero-order chi connectivity index (χ0) is 23.0. The average molecular weight is 448 g/mol. The Hall–Kier alpha value is -1.49. The zero-order valence-corrected chi connectivity index (χ0v) is 19.4. The minimum absolute atomic E-state index is 0.519. The second-order valence-corrected chi connectivity index (χ2v) is 6.21. The van der Waals surface area contributed by atoms with E-state index in [1.807, 2.05) is 0 Å². The van der Waals surface area contributed by atoms with Crippen LogP contribution in [0.5, 0.6) is 0 Å². The van der Waals surface area contributed by atoms with Crippen molar-refractivity contribution >= 4 is 0 Å². The van der Waals surface area contributed by atoms with Gasteiger partial charge in [0.2, 0.25) is 0 Å². The third kappa shape index (κ3) is 22.7. The summed E-state index contributed by atoms with van der Waals surface area (Å²) in [5.74, 6) is 0. The van der Waals surface area contributed by atoms with Crippen LogP contribution in [0.4, 0.5) is 0 Å². The van der Waals surface area contributed by atoms with Gasteiger partial charge in [-0.1, -0.05) is 13.2 Å². The van der Waals surface area contributed by atoms with Crippen LogP contribution in [0.1, 0.15) is 39.5 Å². The Bertz CT molecular complexity index is 404. The van der Waals surface area contributed by atoms with Gasteiger partial charge in [-0.3, -0.25) is 0 Å². The van der Waals surface area contributed by atoms with Crippen molar-refractivity contribution in [3.8, 4) is 0 Å². The molecule has 9 heteroatoms. The first-order valence-corrected chi connectivity index (χ1v) is 10.4. The Morgan fingerprint density at radius 1 is 0.690 bits per heavy atom. The maximum atomic E-state index is 10.8. The van der Waals surface area contributed by atoms with Gasteiger partial charge in [-0.15, -0.1) is 9.62 Å². The molecule has 8 nitrogen and oxygen atoms in total. The van der Waals surface area contributed by atoms with Crippen LogP contribution in [0.3, 0.4) is 0 Å². The van der Waals surface area contributed by atoms with Gasteiger partial charge in [0.05, 0.1) is 0 Å². The zero-order valence-electron chi connectivity index (χ0n) is 17.8. The summed E-state index contributed by atoms with van der Waals surface area (Å²) in [4.78, 5) is 6.66. The van der Waals surface area contributed by atoms with E-state index >= 15 is 0 Å². The van der Waals surface area contributed by atoms with Gasteiger partial charge in [-0.05, 0) is 26.3 Å². The third-order valence-electron chi connectivity index (χ3n) is 2.81. The number of hydroxylamine groups is 8. The molecule has 0 amide bonds. The number of hydrogen-bond donors (Lipinski definition) is 0. The van der Waals surface area contributed by atoms with Gasteiger partial charge in [-0.2, -0.15) is 0 Å². The predicted molar refractivity (Wildman–Crippen MR) is 112 cm³/mol. The third-order valence-corrected chi connectivity index (χ3v) is 3.82. The number of hydrogen-bond acceptors (Lipinski definition) is 6. The molecule has 0 aromatic rings. The van der Waals surface area contributed by atoms with Gasteiger partial charge >= 0.3 is 79.3 Å². The SMILES string of the molecule is C=CO[N+]([O-])(C=C)C=C.C=CO[N+]([O-])(C=C)C=C.CCCC[O][Ti][O]CCCC. The molecule has 0 saturated carbocycles. The second-order valence-electron chi connectivity index (χ2n) is 5.05. The van der Waals surface area contributed by atoms with Crippen molar-refractivity contribution in [3.05, 3.63) is 87.2 Å². The fourth-order valence-corrected chi connectivity index (χ4v) is 1.95. The number of quaternary nitrogens is 2. The topological polar surface area (TPSA) is 83.0 Å². The standard InChI is InChI=1S/2C6H9NO2.2C4H9O.Ti/c2*1-4-7(8,5-2)9-6-3;2*1-2-3-4-5;/h2*4-6H,1-3H2;2*2-4H2,1H3;/q;;2*-1;+2. The van der Waals surface area contributed by atoms with Crippen LogP contribution >= 0.6 is 0 Å². The molecule has 0 unspecified atom stereocenters. The van der Waals surface area contributed by atoms with Gasteiger partial charge in [0, 0.05) is 0 Å². The summed E-state index contributed by atoms with van der Waals surface area (Å²) in [5, 5.41) is 21.7. The van der Waals surface area contributed by atoms with E-state index in [-0.39, 0.29) is 0 Å². The molecule has 0 aliphatic carbocycles. The molecule has 0 rings (SSSR count). The number of nitrogens with zero attached hydrogens (tertiary/aromatic N) is 2. The van der Waals surface area contributed by atoms with Crippen LogP contribution in [0.2, 0.25) is 0 Å². The van der Waals surface area contributed by atoms with Crippen LogP contribution in [-0.2, 0) is 36.2 Å². The summed E-state index contributed by atoms with van der Waals surface area (Å²) < 4.78 is 10.6. The maximum absolute atomic E-state index is 10.8. The van der Waals surface area contributed by atoms with Crippen molar-refractivity contribution < 1.29 is 45.9 Å². The monoisotopic (exact) mass is 448 g/mol. The van der Waals surface area contributed by atoms with E-state index < -0.39 is 29.5 Å². The van der Waals surface area contributed by atoms with Gasteiger partial charge in [0.1, 0.15) is 37.3 Å². The Morgan fingerprint density at radius 2 is 1.00 bits per heavy atom. The van der Waals surface area contributed by atoms with Crippen LogP contribution in [-0.4, -0.2) is 22.8 Å². The van der Waals surface area contributed by atoms with Gasteiger partial charge in [0.15, 0.2) is 0 Å². The number of rotatable bonds is 16. The molecule has 0 radical (unpaired) electrons. The molecule has 166 valence electrons. The summed E-state index contributed by atoms with van der Waals surface area (Å²) in [5.41, 5.74) is 0. The Labute approximate surface area is 185 Å². The summed E-state index contributed by atoms with van der Waals surface area (Å²) in [6.07, 6.45) is 11.0. The summed E-state index contributed by atoms with van der Waals surface area (Å²) >= 11 is -0.519. The van der Waals surface area contributed by atoms with Crippen molar-refractivity contribution in [2.24, 2.45) is 0 Å². The molecule has 0 atom stereocenters. The second kappa shape index (κ2) is 22.8. The first-order chi connectivity index (χ1) is 13.8. The Kier molecular flexibility index (Phi) is 25.3. The van der Waals surface area contributed by atoms with E-state index in [4.69, 9.17) is 6.64 Å². The van der Waals surface area contributed by atoms with E-state index in [9.17, 15) is 10.4 Å². The van der Waals surface area contributed by atoms with Crippen molar-refractivity contribution in [2.45, 2.75) is 39.5 Å². The molecule has 0 heterocycles. The summed E-state index contributed by atoms with van der Waals surface area (Å²) in [7, 11) is 0. The Balaban J connectivity index is -0.000000352. The quantitative estimate of drug-likeness (QED) is 0.0967. The van der Waals surface area contributed by atoms with Crippen LogP contribution < -0.4 is 0 Å². The van der Waals surface area contributed by atoms with E-state index in [2.05, 4.69) is 63.0 Å². The molecule has 0 bridgehead atoms. The molecule has 0 aliphatic rings. The van der Waals surface area contributed by atoms with Gasteiger partial charge < -0.3 is 20.1 Å². The van der Waals surface area contributed by atoms with Crippen molar-refractivity contribution in [1.82, 2.24) is 0 Å². The number of unbranched alkanes of at least 4 members (excludes halogenated alkanes) is 2. The molecule has 0 aromatic carbocycles. The van der Waals surface area contributed by atoms with E-state index in [1.165, 1.54) is 25.7 Å². The molecule has 0 aromatic heterocycles. The van der Waals surface area contributed by atoms with Crippen molar-refractivity contribution in [3.63, 3.8) is 0 Å². The summed E-state index contributed by atoms with van der Waals surface area (Å²) in [6, 6.07) is 0. The van der Waals surface area contributed by atoms with E-state index in [1.54, 1.807) is 0 Å². The van der Waals surface area contributed by atoms with E-state index in [0.717, 1.165) is 50.5 Å². The van der Waals surface area contributed by atoms with Crippen LogP contribution in [0, 0.1) is 10.4 Å². The molecule has 0 spiro atoms. The molecule has 0 saturated heterocycles. The van der Waals surface area contributed by atoms with Crippen molar-refractivity contribution in [2.75, 3.05) is 13.2 Å². The predicted octanol–water partition coefficient (Wildman–Crippen LogP) is 5.86. The van der Waals surface area contributed by atoms with E-state index in [0.29, 0.717) is 0 Å². The first-order valence-electron chi connectivity index (χ1n) is 9.08. The molecule has 0 aliphatic heterocycles. The first kappa shape index (κ1) is 32.2. The molecular formula is C20H36N2O6Ti. The van der Waals surface area contributed by atoms with Crippen LogP contribution in [0.25, 0.3) is 0 Å². The average Bonchev–Trinajstić information content (AvgIpc) is 2.74. The molecule has 29 heavy (non-hydrogen) atoms. The molecule has 0 fully saturated rings. The summed E-state index contributed by atoms with van der Waals surface area (Å²) in [6.45, 7) is 25.5. The molecule has 0 N–H and O–H groups in total. The Morgan fingerprint density at radius 3 is 1.17 bits per heavy atom. The fourth-order valence-electron chi connectivity index (χ4n) is 1.11.